The van der Waals surface area contributed by atoms with Crippen LogP contribution in [0.4, 0.5) is 5.82 Å². The minimum absolute atomic E-state index is 0.0588. The van der Waals surface area contributed by atoms with Crippen molar-refractivity contribution in [2.45, 2.75) is 62.5 Å². The van der Waals surface area contributed by atoms with Crippen molar-refractivity contribution in [1.82, 2.24) is 9.78 Å². The zero-order valence-corrected chi connectivity index (χ0v) is 11.8. The van der Waals surface area contributed by atoms with Crippen LogP contribution in [-0.4, -0.2) is 26.7 Å². The second kappa shape index (κ2) is 6.48. The number of thioether (sulfide) groups is 1. The second-order valence-corrected chi connectivity index (χ2v) is 6.10. The Balaban J connectivity index is 2.13. The van der Waals surface area contributed by atoms with E-state index in [0.29, 0.717) is 0 Å². The normalized spacial score (nSPS) is 25.0. The van der Waals surface area contributed by atoms with Crippen molar-refractivity contribution >= 4 is 17.6 Å². The van der Waals surface area contributed by atoms with E-state index in [1.54, 1.807) is 11.8 Å². The SMILES string of the molecule is CCCSc1cnn(C2CCCCCC2O)c1N. The van der Waals surface area contributed by atoms with Crippen LogP contribution in [0.3, 0.4) is 0 Å². The molecular weight excluding hydrogens is 246 g/mol. The predicted molar refractivity (Wildman–Crippen MR) is 75.8 cm³/mol. The van der Waals surface area contributed by atoms with Gasteiger partial charge in [0.05, 0.1) is 23.2 Å². The molecule has 1 fully saturated rings. The van der Waals surface area contributed by atoms with Crippen LogP contribution in [0.5, 0.6) is 0 Å². The molecule has 0 saturated heterocycles. The lowest BCUT2D eigenvalue weighted by molar-refractivity contribution is 0.100. The van der Waals surface area contributed by atoms with E-state index in [4.69, 9.17) is 5.73 Å². The standard InChI is InChI=1S/C13H23N3OS/c1-2-8-18-12-9-15-16(13(12)14)10-6-4-3-5-7-11(10)17/h9-11,17H,2-8,14H2,1H3. The van der Waals surface area contributed by atoms with Gasteiger partial charge >= 0.3 is 0 Å². The third kappa shape index (κ3) is 3.01. The summed E-state index contributed by atoms with van der Waals surface area (Å²) in [5.74, 6) is 1.78. The Morgan fingerprint density at radius 1 is 1.44 bits per heavy atom. The number of rotatable bonds is 4. The fraction of sp³-hybridized carbons (Fsp3) is 0.769. The lowest BCUT2D eigenvalue weighted by Crippen LogP contribution is -2.25. The van der Waals surface area contributed by atoms with Gasteiger partial charge in [0.15, 0.2) is 0 Å². The monoisotopic (exact) mass is 269 g/mol. The fourth-order valence-electron chi connectivity index (χ4n) is 2.50. The molecule has 2 unspecified atom stereocenters. The van der Waals surface area contributed by atoms with Gasteiger partial charge in [0.2, 0.25) is 0 Å². The van der Waals surface area contributed by atoms with Gasteiger partial charge in [-0.05, 0) is 25.0 Å². The lowest BCUT2D eigenvalue weighted by atomic mass is 10.1. The number of nitrogens with two attached hydrogens (primary N) is 1. The van der Waals surface area contributed by atoms with Gasteiger partial charge in [-0.1, -0.05) is 26.2 Å². The smallest absolute Gasteiger partial charge is 0.135 e. The van der Waals surface area contributed by atoms with E-state index < -0.39 is 0 Å². The molecule has 0 radical (unpaired) electrons. The Bertz CT molecular complexity index is 380. The minimum atomic E-state index is -0.307. The molecule has 0 aromatic carbocycles. The highest BCUT2D eigenvalue weighted by molar-refractivity contribution is 7.99. The summed E-state index contributed by atoms with van der Waals surface area (Å²) in [5.41, 5.74) is 6.16. The van der Waals surface area contributed by atoms with Gasteiger partial charge in [0.1, 0.15) is 5.82 Å². The molecule has 5 heteroatoms. The predicted octanol–water partition coefficient (Wildman–Crippen LogP) is 2.83. The van der Waals surface area contributed by atoms with Crippen LogP contribution < -0.4 is 5.73 Å². The highest BCUT2D eigenvalue weighted by Gasteiger charge is 2.26. The van der Waals surface area contributed by atoms with Crippen molar-refractivity contribution in [3.63, 3.8) is 0 Å². The van der Waals surface area contributed by atoms with Crippen LogP contribution in [0.2, 0.25) is 0 Å². The van der Waals surface area contributed by atoms with E-state index in [-0.39, 0.29) is 12.1 Å². The largest absolute Gasteiger partial charge is 0.391 e. The summed E-state index contributed by atoms with van der Waals surface area (Å²) >= 11 is 1.75. The molecule has 1 saturated carbocycles. The van der Waals surface area contributed by atoms with Gasteiger partial charge in [0.25, 0.3) is 0 Å². The molecule has 1 aliphatic carbocycles. The van der Waals surface area contributed by atoms with Crippen molar-refractivity contribution in [2.24, 2.45) is 0 Å². The summed E-state index contributed by atoms with van der Waals surface area (Å²) in [5, 5.41) is 14.6. The summed E-state index contributed by atoms with van der Waals surface area (Å²) in [7, 11) is 0. The molecule has 102 valence electrons. The first kappa shape index (κ1) is 13.7. The van der Waals surface area contributed by atoms with Crippen molar-refractivity contribution in [2.75, 3.05) is 11.5 Å². The number of aliphatic hydroxyl groups excluding tert-OH is 1. The van der Waals surface area contributed by atoms with E-state index >= 15 is 0 Å². The molecule has 1 aromatic rings. The zero-order chi connectivity index (χ0) is 13.0. The quantitative estimate of drug-likeness (QED) is 0.651. The van der Waals surface area contributed by atoms with Crippen molar-refractivity contribution in [1.29, 1.82) is 0 Å². The van der Waals surface area contributed by atoms with Crippen molar-refractivity contribution in [3.8, 4) is 0 Å². The molecule has 4 nitrogen and oxygen atoms in total. The molecule has 0 aliphatic heterocycles. The number of hydrogen-bond acceptors (Lipinski definition) is 4. The van der Waals surface area contributed by atoms with Crippen molar-refractivity contribution in [3.05, 3.63) is 6.20 Å². The van der Waals surface area contributed by atoms with Gasteiger partial charge in [-0.3, -0.25) is 0 Å². The molecule has 0 bridgehead atoms. The lowest BCUT2D eigenvalue weighted by Gasteiger charge is -2.22. The van der Waals surface area contributed by atoms with Crippen LogP contribution >= 0.6 is 11.8 Å². The molecule has 2 rings (SSSR count). The molecule has 1 aromatic heterocycles. The number of nitrogens with zero attached hydrogens (tertiary/aromatic N) is 2. The van der Waals surface area contributed by atoms with Crippen LogP contribution in [0.1, 0.15) is 51.5 Å². The molecule has 2 atom stereocenters. The van der Waals surface area contributed by atoms with Crippen LogP contribution in [0.25, 0.3) is 0 Å². The average molecular weight is 269 g/mol. The molecular formula is C13H23N3OS. The first-order valence-corrected chi connectivity index (χ1v) is 7.86. The molecule has 1 heterocycles. The molecule has 0 spiro atoms. The molecule has 3 N–H and O–H groups in total. The second-order valence-electron chi connectivity index (χ2n) is 4.96. The first-order valence-electron chi connectivity index (χ1n) is 6.88. The summed E-state index contributed by atoms with van der Waals surface area (Å²) in [4.78, 5) is 1.05. The average Bonchev–Trinajstić information content (AvgIpc) is 2.58. The maximum Gasteiger partial charge on any atom is 0.135 e. The maximum absolute atomic E-state index is 10.2. The summed E-state index contributed by atoms with van der Waals surface area (Å²) < 4.78 is 1.84. The van der Waals surface area contributed by atoms with Gasteiger partial charge in [-0.2, -0.15) is 5.10 Å². The highest BCUT2D eigenvalue weighted by Crippen LogP contribution is 2.33. The third-order valence-electron chi connectivity index (χ3n) is 3.52. The highest BCUT2D eigenvalue weighted by atomic mass is 32.2. The van der Waals surface area contributed by atoms with E-state index in [1.807, 2.05) is 10.9 Å². The summed E-state index contributed by atoms with van der Waals surface area (Å²) in [6, 6.07) is 0.0588. The number of aliphatic hydroxyl groups is 1. The van der Waals surface area contributed by atoms with E-state index in [2.05, 4.69) is 12.0 Å². The van der Waals surface area contributed by atoms with Crippen LogP contribution in [0.15, 0.2) is 11.1 Å². The van der Waals surface area contributed by atoms with Gasteiger partial charge < -0.3 is 10.8 Å². The van der Waals surface area contributed by atoms with Gasteiger partial charge in [-0.15, -0.1) is 11.8 Å². The Morgan fingerprint density at radius 3 is 3.00 bits per heavy atom. The topological polar surface area (TPSA) is 64.1 Å². The fourth-order valence-corrected chi connectivity index (χ4v) is 3.28. The Labute approximate surface area is 113 Å². The molecule has 1 aliphatic rings. The summed E-state index contributed by atoms with van der Waals surface area (Å²) in [6.45, 7) is 2.16. The van der Waals surface area contributed by atoms with Crippen LogP contribution in [-0.2, 0) is 0 Å². The van der Waals surface area contributed by atoms with E-state index in [9.17, 15) is 5.11 Å². The van der Waals surface area contributed by atoms with E-state index in [0.717, 1.165) is 48.6 Å². The van der Waals surface area contributed by atoms with Crippen molar-refractivity contribution < 1.29 is 5.11 Å². The van der Waals surface area contributed by atoms with Gasteiger partial charge in [-0.25, -0.2) is 4.68 Å². The molecule has 18 heavy (non-hydrogen) atoms. The minimum Gasteiger partial charge on any atom is -0.391 e. The number of hydrogen-bond donors (Lipinski definition) is 2. The number of nitrogen functional groups attached to an aromatic ring is 1. The third-order valence-corrected chi connectivity index (χ3v) is 4.76. The zero-order valence-electron chi connectivity index (χ0n) is 11.0. The van der Waals surface area contributed by atoms with Crippen LogP contribution in [0, 0.1) is 0 Å². The first-order chi connectivity index (χ1) is 8.74. The number of anilines is 1. The van der Waals surface area contributed by atoms with Gasteiger partial charge in [0, 0.05) is 0 Å². The Morgan fingerprint density at radius 2 is 2.22 bits per heavy atom. The maximum atomic E-state index is 10.2. The Kier molecular flexibility index (Phi) is 4.95. The summed E-state index contributed by atoms with van der Waals surface area (Å²) in [6.07, 6.45) is 7.96. The number of aromatic nitrogens is 2. The Hall–Kier alpha value is -0.680. The van der Waals surface area contributed by atoms with E-state index in [1.165, 1.54) is 6.42 Å². The molecule has 0 amide bonds.